The molecule has 16 heavy (non-hydrogen) atoms. The van der Waals surface area contributed by atoms with Gasteiger partial charge in [-0.2, -0.15) is 5.10 Å². The van der Waals surface area contributed by atoms with Crippen LogP contribution in [0.25, 0.3) is 10.9 Å². The fraction of sp³-hybridized carbons (Fsp3) is 0.357. The molecule has 2 heteroatoms. The minimum absolute atomic E-state index is 0.605. The molecule has 1 heterocycles. The van der Waals surface area contributed by atoms with Crippen LogP contribution in [0.3, 0.4) is 0 Å². The fourth-order valence-corrected chi connectivity index (χ4v) is 2.48. The second kappa shape index (κ2) is 3.78. The summed E-state index contributed by atoms with van der Waals surface area (Å²) in [5.41, 5.74) is 2.66. The van der Waals surface area contributed by atoms with Gasteiger partial charge in [0.05, 0.1) is 11.7 Å². The molecule has 0 spiro atoms. The monoisotopic (exact) mass is 212 g/mol. The van der Waals surface area contributed by atoms with E-state index in [1.165, 1.54) is 35.7 Å². The molecule has 1 aromatic carbocycles. The molecular formula is C14H16N2. The Hall–Kier alpha value is -1.57. The average molecular weight is 212 g/mol. The van der Waals surface area contributed by atoms with Crippen LogP contribution in [0.1, 0.15) is 30.7 Å². The minimum atomic E-state index is 0.605. The van der Waals surface area contributed by atoms with Crippen LogP contribution < -0.4 is 0 Å². The highest BCUT2D eigenvalue weighted by Crippen LogP contribution is 2.29. The van der Waals surface area contributed by atoms with Crippen LogP contribution in [-0.2, 0) is 7.05 Å². The summed E-state index contributed by atoms with van der Waals surface area (Å²) in [7, 11) is 2.00. The van der Waals surface area contributed by atoms with Crippen molar-refractivity contribution in [2.75, 3.05) is 0 Å². The van der Waals surface area contributed by atoms with E-state index >= 15 is 0 Å². The number of benzene rings is 1. The first kappa shape index (κ1) is 9.64. The smallest absolute Gasteiger partial charge is 0.0682 e. The van der Waals surface area contributed by atoms with Crippen molar-refractivity contribution in [3.63, 3.8) is 0 Å². The van der Waals surface area contributed by atoms with Crippen molar-refractivity contribution in [3.05, 3.63) is 42.1 Å². The fourth-order valence-electron chi connectivity index (χ4n) is 2.48. The van der Waals surface area contributed by atoms with Crippen LogP contribution >= 0.6 is 0 Å². The van der Waals surface area contributed by atoms with Gasteiger partial charge in [-0.15, -0.1) is 0 Å². The molecule has 0 aliphatic heterocycles. The average Bonchev–Trinajstić information content (AvgIpc) is 2.72. The lowest BCUT2D eigenvalue weighted by Crippen LogP contribution is -1.99. The molecule has 0 N–H and O–H groups in total. The number of aryl methyl sites for hydroxylation is 1. The molecule has 0 saturated heterocycles. The number of hydrogen-bond acceptors (Lipinski definition) is 1. The Bertz CT molecular complexity index is 537. The van der Waals surface area contributed by atoms with Crippen LogP contribution in [0.15, 0.2) is 36.5 Å². The normalized spacial score (nSPS) is 20.4. The summed E-state index contributed by atoms with van der Waals surface area (Å²) >= 11 is 0. The first-order valence-electron chi connectivity index (χ1n) is 5.93. The topological polar surface area (TPSA) is 17.8 Å². The van der Waals surface area contributed by atoms with Crippen LogP contribution in [-0.4, -0.2) is 9.78 Å². The lowest BCUT2D eigenvalue weighted by atomic mass is 9.89. The van der Waals surface area contributed by atoms with Gasteiger partial charge in [-0.05, 0) is 30.9 Å². The van der Waals surface area contributed by atoms with Gasteiger partial charge >= 0.3 is 0 Å². The van der Waals surface area contributed by atoms with Gasteiger partial charge in [0.2, 0.25) is 0 Å². The third-order valence-electron chi connectivity index (χ3n) is 3.46. The summed E-state index contributed by atoms with van der Waals surface area (Å²) in [6.45, 7) is 0. The summed E-state index contributed by atoms with van der Waals surface area (Å²) in [6.07, 6.45) is 10.4. The Morgan fingerprint density at radius 2 is 2.31 bits per heavy atom. The third kappa shape index (κ3) is 1.54. The zero-order valence-corrected chi connectivity index (χ0v) is 9.56. The Labute approximate surface area is 95.6 Å². The van der Waals surface area contributed by atoms with E-state index < -0.39 is 0 Å². The van der Waals surface area contributed by atoms with Gasteiger partial charge in [-0.25, -0.2) is 0 Å². The quantitative estimate of drug-likeness (QED) is 0.662. The van der Waals surface area contributed by atoms with Crippen molar-refractivity contribution in [2.45, 2.75) is 25.2 Å². The predicted molar refractivity (Wildman–Crippen MR) is 66.4 cm³/mol. The molecule has 82 valence electrons. The van der Waals surface area contributed by atoms with Gasteiger partial charge in [0.25, 0.3) is 0 Å². The van der Waals surface area contributed by atoms with E-state index in [0.29, 0.717) is 5.92 Å². The predicted octanol–water partition coefficient (Wildman–Crippen LogP) is 3.40. The molecule has 0 amide bonds. The standard InChI is InChI=1S/C14H16N2/c1-16-14-9-12(7-8-13(14)10-15-16)11-5-3-2-4-6-11/h3,5,7-11H,2,4,6H2,1H3/t11-/m0/s1. The van der Waals surface area contributed by atoms with E-state index in [0.717, 1.165) is 0 Å². The van der Waals surface area contributed by atoms with Crippen LogP contribution in [0.4, 0.5) is 0 Å². The van der Waals surface area contributed by atoms with Gasteiger partial charge in [0.15, 0.2) is 0 Å². The third-order valence-corrected chi connectivity index (χ3v) is 3.46. The highest BCUT2D eigenvalue weighted by molar-refractivity contribution is 5.79. The molecule has 3 rings (SSSR count). The van der Waals surface area contributed by atoms with Crippen molar-refractivity contribution in [1.82, 2.24) is 9.78 Å². The number of rotatable bonds is 1. The van der Waals surface area contributed by atoms with Crippen molar-refractivity contribution >= 4 is 10.9 Å². The van der Waals surface area contributed by atoms with Crippen molar-refractivity contribution in [1.29, 1.82) is 0 Å². The van der Waals surface area contributed by atoms with E-state index in [-0.39, 0.29) is 0 Å². The largest absolute Gasteiger partial charge is 0.268 e. The van der Waals surface area contributed by atoms with E-state index in [9.17, 15) is 0 Å². The number of aromatic nitrogens is 2. The van der Waals surface area contributed by atoms with E-state index in [2.05, 4.69) is 35.4 Å². The maximum Gasteiger partial charge on any atom is 0.0682 e. The maximum absolute atomic E-state index is 4.28. The molecule has 1 aliphatic rings. The summed E-state index contributed by atoms with van der Waals surface area (Å²) in [5.74, 6) is 0.605. The van der Waals surface area contributed by atoms with Gasteiger partial charge < -0.3 is 0 Å². The Morgan fingerprint density at radius 3 is 3.12 bits per heavy atom. The minimum Gasteiger partial charge on any atom is -0.268 e. The molecule has 1 aromatic heterocycles. The highest BCUT2D eigenvalue weighted by atomic mass is 15.2. The molecular weight excluding hydrogens is 196 g/mol. The Morgan fingerprint density at radius 1 is 1.38 bits per heavy atom. The number of allylic oxidation sites excluding steroid dienone is 2. The van der Waals surface area contributed by atoms with Crippen molar-refractivity contribution < 1.29 is 0 Å². The first-order chi connectivity index (χ1) is 7.84. The summed E-state index contributed by atoms with van der Waals surface area (Å²) < 4.78 is 1.95. The molecule has 0 fully saturated rings. The molecule has 0 radical (unpaired) electrons. The zero-order chi connectivity index (χ0) is 11.0. The first-order valence-corrected chi connectivity index (χ1v) is 5.93. The maximum atomic E-state index is 4.28. The molecule has 2 nitrogen and oxygen atoms in total. The molecule has 0 saturated carbocycles. The second-order valence-corrected chi connectivity index (χ2v) is 4.55. The van der Waals surface area contributed by atoms with Gasteiger partial charge in [-0.3, -0.25) is 4.68 Å². The molecule has 0 unspecified atom stereocenters. The van der Waals surface area contributed by atoms with E-state index in [4.69, 9.17) is 0 Å². The lowest BCUT2D eigenvalue weighted by Gasteiger charge is -2.16. The van der Waals surface area contributed by atoms with Crippen molar-refractivity contribution in [3.8, 4) is 0 Å². The van der Waals surface area contributed by atoms with Crippen LogP contribution in [0.2, 0.25) is 0 Å². The van der Waals surface area contributed by atoms with Gasteiger partial charge in [0, 0.05) is 18.4 Å². The Kier molecular flexibility index (Phi) is 2.28. The van der Waals surface area contributed by atoms with Gasteiger partial charge in [-0.1, -0.05) is 24.3 Å². The number of nitrogens with zero attached hydrogens (tertiary/aromatic N) is 2. The summed E-state index contributed by atoms with van der Waals surface area (Å²) in [5, 5.41) is 5.51. The lowest BCUT2D eigenvalue weighted by molar-refractivity contribution is 0.654. The SMILES string of the molecule is Cn1ncc2ccc([C@H]3C=CCCC3)cc21. The van der Waals surface area contributed by atoms with Crippen LogP contribution in [0.5, 0.6) is 0 Å². The number of fused-ring (bicyclic) bond motifs is 1. The molecule has 0 bridgehead atoms. The van der Waals surface area contributed by atoms with Crippen LogP contribution in [0, 0.1) is 0 Å². The highest BCUT2D eigenvalue weighted by Gasteiger charge is 2.12. The molecule has 1 aliphatic carbocycles. The molecule has 1 atom stereocenters. The Balaban J connectivity index is 2.06. The number of hydrogen-bond donors (Lipinski definition) is 0. The second-order valence-electron chi connectivity index (χ2n) is 4.55. The van der Waals surface area contributed by atoms with Crippen molar-refractivity contribution in [2.24, 2.45) is 7.05 Å². The van der Waals surface area contributed by atoms with E-state index in [1.54, 1.807) is 0 Å². The molecule has 2 aromatic rings. The summed E-state index contributed by atoms with van der Waals surface area (Å²) in [6, 6.07) is 6.70. The summed E-state index contributed by atoms with van der Waals surface area (Å²) in [4.78, 5) is 0. The van der Waals surface area contributed by atoms with E-state index in [1.807, 2.05) is 17.9 Å². The zero-order valence-electron chi connectivity index (χ0n) is 9.56. The van der Waals surface area contributed by atoms with Gasteiger partial charge in [0.1, 0.15) is 0 Å².